The van der Waals surface area contributed by atoms with Crippen molar-refractivity contribution in [3.63, 3.8) is 0 Å². The Morgan fingerprint density at radius 3 is 1.54 bits per heavy atom. The van der Waals surface area contributed by atoms with Crippen molar-refractivity contribution >= 4 is 7.75 Å². The van der Waals surface area contributed by atoms with Crippen molar-refractivity contribution in [3.05, 3.63) is 0 Å². The van der Waals surface area contributed by atoms with E-state index in [2.05, 4.69) is 30.0 Å². The predicted octanol–water partition coefficient (Wildman–Crippen LogP) is -0.757. The van der Waals surface area contributed by atoms with E-state index in [0.29, 0.717) is 0 Å². The largest absolute Gasteiger partial charge is 0.397 e. The van der Waals surface area contributed by atoms with Crippen LogP contribution in [0.2, 0.25) is 0 Å². The van der Waals surface area contributed by atoms with Crippen molar-refractivity contribution in [2.75, 3.05) is 26.2 Å². The van der Waals surface area contributed by atoms with Crippen LogP contribution in [0.4, 0.5) is 0 Å². The molecule has 0 unspecified atom stereocenters. The molecule has 0 rings (SSSR count). The third-order valence-corrected chi connectivity index (χ3v) is 0.979. The van der Waals surface area contributed by atoms with E-state index in [4.69, 9.17) is 14.4 Å². The molecule has 6 nitrogen and oxygen atoms in total. The second kappa shape index (κ2) is 10.1. The molecule has 0 aromatic heterocycles. The average Bonchev–Trinajstić information content (AvgIpc) is 1.95. The maximum atomic E-state index is 9.10. The molecule has 0 spiro atoms. The Morgan fingerprint density at radius 2 is 1.38 bits per heavy atom. The Kier molecular flexibility index (Phi) is 12.1. The summed E-state index contributed by atoms with van der Waals surface area (Å²) in [5.41, 5.74) is 4.02. The normalized spacial score (nSPS) is 10.5. The molecule has 0 amide bonds. The van der Waals surface area contributed by atoms with Gasteiger partial charge < -0.3 is 20.4 Å². The van der Waals surface area contributed by atoms with Crippen LogP contribution in [0.1, 0.15) is 13.8 Å². The van der Waals surface area contributed by atoms with Crippen LogP contribution in [0.15, 0.2) is 0 Å². The average molecular weight is 213 g/mol. The zero-order valence-electron chi connectivity index (χ0n) is 8.16. The van der Waals surface area contributed by atoms with E-state index in [9.17, 15) is 0 Å². The van der Waals surface area contributed by atoms with E-state index in [-0.39, 0.29) is 0 Å². The van der Waals surface area contributed by atoms with Gasteiger partial charge in [-0.15, -0.1) is 0 Å². The summed E-state index contributed by atoms with van der Waals surface area (Å²) >= 11 is 0. The topological polar surface area (TPSA) is 108 Å². The summed E-state index contributed by atoms with van der Waals surface area (Å²) in [6, 6.07) is 0. The molecule has 0 bridgehead atoms. The molecule has 13 heavy (non-hydrogen) atoms. The molecule has 0 aliphatic rings. The summed E-state index contributed by atoms with van der Waals surface area (Å²) in [5, 5.41) is 6.44. The highest BCUT2D eigenvalue weighted by Gasteiger charge is 1.96. The third kappa shape index (κ3) is 47.8. The quantitative estimate of drug-likeness (QED) is 0.303. The molecule has 0 fully saturated rings. The number of likely N-dealkylation sites (N-methyl/N-ethyl adjacent to an activating group) is 2. The minimum Gasteiger partial charge on any atom is -0.316 e. The van der Waals surface area contributed by atoms with Gasteiger partial charge in [-0.3, -0.25) is 0 Å². The Morgan fingerprint density at radius 1 is 1.15 bits per heavy atom. The van der Waals surface area contributed by atoms with Gasteiger partial charge in [0.1, 0.15) is 0 Å². The van der Waals surface area contributed by atoms with E-state index in [1.807, 2.05) is 0 Å². The molecule has 0 aromatic carbocycles. The van der Waals surface area contributed by atoms with Crippen LogP contribution >= 0.6 is 7.75 Å². The van der Waals surface area contributed by atoms with Crippen molar-refractivity contribution < 1.29 is 14.4 Å². The number of nitrogens with two attached hydrogens (primary N) is 1. The van der Waals surface area contributed by atoms with Crippen LogP contribution in [0.5, 0.6) is 0 Å². The lowest BCUT2D eigenvalue weighted by molar-refractivity contribution is 0.374. The summed E-state index contributed by atoms with van der Waals surface area (Å²) in [5.74, 6) is 0. The molecule has 6 N–H and O–H groups in total. The van der Waals surface area contributed by atoms with Gasteiger partial charge in [-0.05, 0) is 13.1 Å². The lowest BCUT2D eigenvalue weighted by Gasteiger charge is -1.99. The maximum Gasteiger partial charge on any atom is 0.397 e. The first-order chi connectivity index (χ1) is 5.91. The van der Waals surface area contributed by atoms with Crippen LogP contribution in [0.25, 0.3) is 0 Å². The molecule has 0 saturated carbocycles. The number of rotatable bonds is 5. The van der Waals surface area contributed by atoms with Gasteiger partial charge in [0.15, 0.2) is 0 Å². The highest BCUT2D eigenvalue weighted by molar-refractivity contribution is 7.49. The number of nitrogens with one attached hydrogen (secondary N) is 2. The first-order valence-corrected chi connectivity index (χ1v) is 5.85. The smallest absolute Gasteiger partial charge is 0.316 e. The second-order valence-electron chi connectivity index (χ2n) is 2.30. The third-order valence-electron chi connectivity index (χ3n) is 0.979. The molecule has 82 valence electrons. The molecule has 0 aliphatic carbocycles. The van der Waals surface area contributed by atoms with E-state index < -0.39 is 7.75 Å². The number of hydrogen-bond acceptors (Lipinski definition) is 3. The molecule has 0 radical (unpaired) electrons. The molecule has 0 aromatic rings. The van der Waals surface area contributed by atoms with Gasteiger partial charge in [-0.1, -0.05) is 13.8 Å². The minimum atomic E-state index is -4.14. The Hall–Kier alpha value is 0.0300. The number of hydrogen-bond donors (Lipinski definition) is 5. The van der Waals surface area contributed by atoms with Gasteiger partial charge in [-0.2, -0.15) is 0 Å². The second-order valence-corrected chi connectivity index (χ2v) is 3.47. The van der Waals surface area contributed by atoms with E-state index in [1.54, 1.807) is 0 Å². The molecular weight excluding hydrogens is 193 g/mol. The van der Waals surface area contributed by atoms with Crippen LogP contribution in [-0.2, 0) is 4.57 Å². The molecule has 0 aliphatic heterocycles. The summed E-state index contributed by atoms with van der Waals surface area (Å²) in [6.07, 6.45) is 0. The van der Waals surface area contributed by atoms with Crippen LogP contribution in [0, 0.1) is 0 Å². The van der Waals surface area contributed by atoms with Crippen molar-refractivity contribution in [2.24, 2.45) is 5.50 Å². The molecule has 0 saturated heterocycles. The monoisotopic (exact) mass is 213 g/mol. The highest BCUT2D eigenvalue weighted by Crippen LogP contribution is 2.20. The minimum absolute atomic E-state index is 1.07. The fraction of sp³-hybridized carbons (Fsp3) is 1.00. The van der Waals surface area contributed by atoms with E-state index in [1.165, 1.54) is 0 Å². The van der Waals surface area contributed by atoms with Gasteiger partial charge in [-0.25, -0.2) is 10.1 Å². The first-order valence-electron chi connectivity index (χ1n) is 4.17. The van der Waals surface area contributed by atoms with E-state index in [0.717, 1.165) is 26.2 Å². The molecular formula is C6H20N3O3P. The van der Waals surface area contributed by atoms with Gasteiger partial charge in [0.25, 0.3) is 0 Å². The molecule has 0 heterocycles. The standard InChI is InChI=1S/C6H16N2.H4NO3P/c1-3-7-5-6-8-4-2;1-5(2,3)4/h7-8H,3-6H2,1-2H3;(H4,1,2,3,4). The van der Waals surface area contributed by atoms with Gasteiger partial charge in [0.2, 0.25) is 0 Å². The first kappa shape index (κ1) is 15.5. The van der Waals surface area contributed by atoms with Gasteiger partial charge in [0.05, 0.1) is 0 Å². The van der Waals surface area contributed by atoms with Crippen molar-refractivity contribution in [1.29, 1.82) is 0 Å². The summed E-state index contributed by atoms with van der Waals surface area (Å²) in [7, 11) is -4.14. The summed E-state index contributed by atoms with van der Waals surface area (Å²) in [4.78, 5) is 14.8. The highest BCUT2D eigenvalue weighted by atomic mass is 31.2. The Bertz CT molecular complexity index is 125. The SMILES string of the molecule is CCNCCNCC.NP(=O)(O)O. The Balaban J connectivity index is 0. The fourth-order valence-electron chi connectivity index (χ4n) is 0.530. The molecule has 0 atom stereocenters. The van der Waals surface area contributed by atoms with Gasteiger partial charge >= 0.3 is 7.75 Å². The predicted molar refractivity (Wildman–Crippen MR) is 53.3 cm³/mol. The van der Waals surface area contributed by atoms with Crippen molar-refractivity contribution in [2.45, 2.75) is 13.8 Å². The summed E-state index contributed by atoms with van der Waals surface area (Å²) < 4.78 is 9.10. The van der Waals surface area contributed by atoms with Crippen LogP contribution in [-0.4, -0.2) is 36.0 Å². The Labute approximate surface area is 79.1 Å². The lowest BCUT2D eigenvalue weighted by atomic mass is 10.6. The van der Waals surface area contributed by atoms with Crippen molar-refractivity contribution in [3.8, 4) is 0 Å². The molecule has 7 heteroatoms. The fourth-order valence-corrected chi connectivity index (χ4v) is 0.530. The van der Waals surface area contributed by atoms with Gasteiger partial charge in [0, 0.05) is 13.1 Å². The lowest BCUT2D eigenvalue weighted by Crippen LogP contribution is -2.26. The zero-order chi connectivity index (χ0) is 10.7. The maximum absolute atomic E-state index is 9.10. The van der Waals surface area contributed by atoms with E-state index >= 15 is 0 Å². The zero-order valence-corrected chi connectivity index (χ0v) is 9.05. The summed E-state index contributed by atoms with van der Waals surface area (Å²) in [6.45, 7) is 8.56. The van der Waals surface area contributed by atoms with Crippen LogP contribution in [0.3, 0.4) is 0 Å². The van der Waals surface area contributed by atoms with Crippen molar-refractivity contribution in [1.82, 2.24) is 10.6 Å². The van der Waals surface area contributed by atoms with Crippen LogP contribution < -0.4 is 16.1 Å².